The van der Waals surface area contributed by atoms with Crippen LogP contribution in [0.2, 0.25) is 0 Å². The van der Waals surface area contributed by atoms with Gasteiger partial charge < -0.3 is 19.7 Å². The molecule has 0 spiro atoms. The molecular weight excluding hydrogens is 338 g/mol. The van der Waals surface area contributed by atoms with Crippen LogP contribution in [0, 0.1) is 0 Å². The molecule has 0 saturated heterocycles. The van der Waals surface area contributed by atoms with Gasteiger partial charge in [0.05, 0.1) is 17.1 Å². The van der Waals surface area contributed by atoms with Crippen LogP contribution in [-0.4, -0.2) is 9.97 Å². The largest absolute Gasteiger partial charge is 0.452 e. The highest BCUT2D eigenvalue weighted by Gasteiger charge is 2.10. The lowest BCUT2D eigenvalue weighted by Gasteiger charge is -2.13. The Balaban J connectivity index is 1.92. The number of benzene rings is 1. The maximum absolute atomic E-state index is 11.4. The Kier molecular flexibility index (Phi) is 3.42. The van der Waals surface area contributed by atoms with Gasteiger partial charge in [-0.05, 0) is 53.2 Å². The maximum atomic E-state index is 11.4. The first kappa shape index (κ1) is 13.7. The maximum Gasteiger partial charge on any atom is 0.314 e. The predicted octanol–water partition coefficient (Wildman–Crippen LogP) is 2.75. The van der Waals surface area contributed by atoms with E-state index in [2.05, 4.69) is 31.2 Å². The minimum absolute atomic E-state index is 0.0387. The lowest BCUT2D eigenvalue weighted by molar-refractivity contribution is 0.471. The molecule has 21 heavy (non-hydrogen) atoms. The van der Waals surface area contributed by atoms with Gasteiger partial charge >= 0.3 is 11.1 Å². The highest BCUT2D eigenvalue weighted by Crippen LogP contribution is 2.24. The number of hydrogen-bond acceptors (Lipinski definition) is 4. The van der Waals surface area contributed by atoms with Crippen molar-refractivity contribution in [2.75, 3.05) is 5.32 Å². The van der Waals surface area contributed by atoms with E-state index in [0.29, 0.717) is 15.7 Å². The molecule has 2 heterocycles. The molecule has 0 saturated carbocycles. The van der Waals surface area contributed by atoms with Crippen LogP contribution in [-0.2, 0) is 0 Å². The first-order valence-electron chi connectivity index (χ1n) is 6.31. The number of fused-ring (bicyclic) bond motifs is 1. The van der Waals surface area contributed by atoms with Crippen LogP contribution in [0.5, 0.6) is 0 Å². The number of nitrogens with one attached hydrogen (secondary N) is 3. The number of aromatic amines is 2. The molecule has 2 aromatic heterocycles. The van der Waals surface area contributed by atoms with Crippen molar-refractivity contribution >= 4 is 32.7 Å². The van der Waals surface area contributed by atoms with Gasteiger partial charge in [0, 0.05) is 5.69 Å². The molecule has 3 rings (SSSR count). The van der Waals surface area contributed by atoms with Crippen molar-refractivity contribution in [1.82, 2.24) is 9.97 Å². The standard InChI is InChI=1S/C14H12BrN3O3/c1-7(11-4-5-12(15)21-11)16-8-2-3-9-10(6-8)18-14(20)13(19)17-9/h2-7,16H,1H3,(H,17,19)(H,18,20). The molecule has 6 nitrogen and oxygen atoms in total. The van der Waals surface area contributed by atoms with Crippen molar-refractivity contribution in [1.29, 1.82) is 0 Å². The lowest BCUT2D eigenvalue weighted by atomic mass is 10.2. The van der Waals surface area contributed by atoms with E-state index in [1.54, 1.807) is 12.1 Å². The van der Waals surface area contributed by atoms with Gasteiger partial charge in [-0.25, -0.2) is 0 Å². The van der Waals surface area contributed by atoms with Crippen LogP contribution in [0.15, 0.2) is 49.0 Å². The summed E-state index contributed by atoms with van der Waals surface area (Å²) in [6.45, 7) is 1.96. The van der Waals surface area contributed by atoms with Crippen molar-refractivity contribution in [2.24, 2.45) is 0 Å². The van der Waals surface area contributed by atoms with E-state index in [-0.39, 0.29) is 6.04 Å². The Hall–Kier alpha value is -2.28. The third kappa shape index (κ3) is 2.78. The van der Waals surface area contributed by atoms with Crippen molar-refractivity contribution in [3.63, 3.8) is 0 Å². The molecule has 3 aromatic rings. The minimum atomic E-state index is -0.664. The van der Waals surface area contributed by atoms with Gasteiger partial charge in [-0.3, -0.25) is 9.59 Å². The first-order valence-corrected chi connectivity index (χ1v) is 7.10. The molecule has 1 atom stereocenters. The normalized spacial score (nSPS) is 12.5. The Labute approximate surface area is 127 Å². The Morgan fingerprint density at radius 1 is 1.10 bits per heavy atom. The minimum Gasteiger partial charge on any atom is -0.452 e. The van der Waals surface area contributed by atoms with Crippen LogP contribution in [0.1, 0.15) is 18.7 Å². The summed E-state index contributed by atoms with van der Waals surface area (Å²) >= 11 is 3.27. The molecule has 108 valence electrons. The molecule has 0 aliphatic rings. The summed E-state index contributed by atoms with van der Waals surface area (Å²) in [5, 5.41) is 3.27. The van der Waals surface area contributed by atoms with Gasteiger partial charge in [-0.15, -0.1) is 0 Å². The van der Waals surface area contributed by atoms with Gasteiger partial charge in [0.2, 0.25) is 0 Å². The summed E-state index contributed by atoms with van der Waals surface area (Å²) in [4.78, 5) is 27.7. The van der Waals surface area contributed by atoms with Gasteiger partial charge in [0.25, 0.3) is 0 Å². The van der Waals surface area contributed by atoms with Crippen molar-refractivity contribution in [2.45, 2.75) is 13.0 Å². The monoisotopic (exact) mass is 349 g/mol. The second-order valence-electron chi connectivity index (χ2n) is 4.68. The molecule has 7 heteroatoms. The molecule has 0 aliphatic heterocycles. The van der Waals surface area contributed by atoms with Gasteiger partial charge in [-0.1, -0.05) is 0 Å². The summed E-state index contributed by atoms with van der Waals surface area (Å²) in [6, 6.07) is 8.99. The van der Waals surface area contributed by atoms with Gasteiger partial charge in [-0.2, -0.15) is 0 Å². The van der Waals surface area contributed by atoms with Gasteiger partial charge in [0.1, 0.15) is 5.76 Å². The number of H-pyrrole nitrogens is 2. The number of halogens is 1. The number of hydrogen-bond donors (Lipinski definition) is 3. The van der Waals surface area contributed by atoms with E-state index in [0.717, 1.165) is 11.4 Å². The quantitative estimate of drug-likeness (QED) is 0.634. The molecule has 0 amide bonds. The third-order valence-corrected chi connectivity index (χ3v) is 3.55. The summed E-state index contributed by atoms with van der Waals surface area (Å²) in [6.07, 6.45) is 0. The van der Waals surface area contributed by atoms with E-state index in [9.17, 15) is 9.59 Å². The molecule has 1 unspecified atom stereocenters. The second-order valence-corrected chi connectivity index (χ2v) is 5.46. The summed E-state index contributed by atoms with van der Waals surface area (Å²) in [5.41, 5.74) is 0.640. The van der Waals surface area contributed by atoms with Crippen LogP contribution in [0.3, 0.4) is 0 Å². The SMILES string of the molecule is CC(Nc1ccc2[nH]c(=O)c(=O)[nH]c2c1)c1ccc(Br)o1. The van der Waals surface area contributed by atoms with E-state index in [1.807, 2.05) is 25.1 Å². The average Bonchev–Trinajstić information content (AvgIpc) is 2.87. The number of aromatic nitrogens is 2. The van der Waals surface area contributed by atoms with E-state index < -0.39 is 11.1 Å². The zero-order valence-corrected chi connectivity index (χ0v) is 12.7. The van der Waals surface area contributed by atoms with Crippen LogP contribution < -0.4 is 16.4 Å². The van der Waals surface area contributed by atoms with E-state index in [4.69, 9.17) is 4.42 Å². The molecule has 0 bridgehead atoms. The zero-order valence-electron chi connectivity index (χ0n) is 11.1. The smallest absolute Gasteiger partial charge is 0.314 e. The zero-order chi connectivity index (χ0) is 15.0. The highest BCUT2D eigenvalue weighted by atomic mass is 79.9. The van der Waals surface area contributed by atoms with Gasteiger partial charge in [0.15, 0.2) is 4.67 Å². The molecule has 0 radical (unpaired) electrons. The Morgan fingerprint density at radius 2 is 1.81 bits per heavy atom. The fourth-order valence-electron chi connectivity index (χ4n) is 2.09. The predicted molar refractivity (Wildman–Crippen MR) is 83.6 cm³/mol. The molecule has 1 aromatic carbocycles. The molecule has 0 aliphatic carbocycles. The van der Waals surface area contributed by atoms with Crippen LogP contribution >= 0.6 is 15.9 Å². The van der Waals surface area contributed by atoms with Crippen LogP contribution in [0.25, 0.3) is 11.0 Å². The fraction of sp³-hybridized carbons (Fsp3) is 0.143. The highest BCUT2D eigenvalue weighted by molar-refractivity contribution is 9.10. The number of rotatable bonds is 3. The topological polar surface area (TPSA) is 90.9 Å². The Bertz CT molecular complexity index is 909. The third-order valence-electron chi connectivity index (χ3n) is 3.13. The average molecular weight is 350 g/mol. The summed E-state index contributed by atoms with van der Waals surface area (Å²) in [5.74, 6) is 0.789. The number of furan rings is 1. The van der Waals surface area contributed by atoms with Crippen LogP contribution in [0.4, 0.5) is 5.69 Å². The molecule has 3 N–H and O–H groups in total. The first-order chi connectivity index (χ1) is 10.0. The lowest BCUT2D eigenvalue weighted by Crippen LogP contribution is -2.28. The molecule has 0 fully saturated rings. The summed E-state index contributed by atoms with van der Waals surface area (Å²) in [7, 11) is 0. The fourth-order valence-corrected chi connectivity index (χ4v) is 2.41. The van der Waals surface area contributed by atoms with Crippen molar-refractivity contribution in [3.8, 4) is 0 Å². The second kappa shape index (κ2) is 5.25. The van der Waals surface area contributed by atoms with Crippen molar-refractivity contribution < 1.29 is 4.42 Å². The van der Waals surface area contributed by atoms with E-state index in [1.165, 1.54) is 0 Å². The Morgan fingerprint density at radius 3 is 2.48 bits per heavy atom. The number of anilines is 1. The molecular formula is C14H12BrN3O3. The summed E-state index contributed by atoms with van der Waals surface area (Å²) < 4.78 is 6.16. The van der Waals surface area contributed by atoms with Crippen molar-refractivity contribution in [3.05, 3.63) is 61.5 Å². The van der Waals surface area contributed by atoms with E-state index >= 15 is 0 Å².